The third-order valence-electron chi connectivity index (χ3n) is 10.6. The fourth-order valence-electron chi connectivity index (χ4n) is 9.06. The Hall–Kier alpha value is -1.13. The van der Waals surface area contributed by atoms with E-state index in [0.717, 1.165) is 43.9 Å². The van der Waals surface area contributed by atoms with Crippen LogP contribution >= 0.6 is 0 Å². The van der Waals surface area contributed by atoms with Gasteiger partial charge in [0.2, 0.25) is 0 Å². The summed E-state index contributed by atoms with van der Waals surface area (Å²) in [6.45, 7) is 1.14. The molecule has 4 bridgehead atoms. The van der Waals surface area contributed by atoms with Crippen molar-refractivity contribution in [3.05, 3.63) is 23.3 Å². The third-order valence-corrected chi connectivity index (χ3v) is 10.6. The zero-order chi connectivity index (χ0) is 19.8. The molecule has 152 valence electrons. The van der Waals surface area contributed by atoms with E-state index >= 15 is 0 Å². The number of nitrogens with zero attached hydrogens (tertiary/aromatic N) is 1. The Kier molecular flexibility index (Phi) is 3.03. The Morgan fingerprint density at radius 1 is 1.17 bits per heavy atom. The molecule has 5 fully saturated rings. The molecule has 1 N–H and O–H groups in total. The second kappa shape index (κ2) is 5.02. The maximum Gasteiger partial charge on any atom is 0.165 e. The number of benzene rings is 1. The highest BCUT2D eigenvalue weighted by Gasteiger charge is 2.79. The molecule has 2 heterocycles. The molecule has 0 aromatic heterocycles. The van der Waals surface area contributed by atoms with E-state index in [9.17, 15) is 5.11 Å². The lowest BCUT2D eigenvalue weighted by Gasteiger charge is -2.73. The Bertz CT molecular complexity index is 921. The van der Waals surface area contributed by atoms with Crippen molar-refractivity contribution in [2.75, 3.05) is 13.7 Å². The maximum atomic E-state index is 10.7. The van der Waals surface area contributed by atoms with Crippen LogP contribution in [0.3, 0.4) is 0 Å². The second-order valence-electron chi connectivity index (χ2n) is 11.4. The smallest absolute Gasteiger partial charge is 0.165 e. The zero-order valence-electron chi connectivity index (χ0n) is 18.0. The van der Waals surface area contributed by atoms with Gasteiger partial charge in [-0.2, -0.15) is 0 Å². The average molecular weight is 391 g/mol. The Balaban J connectivity index is 1.48. The van der Waals surface area contributed by atoms with Crippen molar-refractivity contribution in [1.82, 2.24) is 4.90 Å². The summed E-state index contributed by atoms with van der Waals surface area (Å²) in [5.74, 6) is 1.97. The highest BCUT2D eigenvalue weighted by molar-refractivity contribution is 6.40. The van der Waals surface area contributed by atoms with E-state index in [1.165, 1.54) is 36.8 Å². The number of fused-ring (bicyclic) bond motifs is 2. The fourth-order valence-corrected chi connectivity index (χ4v) is 9.06. The molecule has 0 radical (unpaired) electrons. The Labute approximate surface area is 175 Å². The number of likely N-dealkylation sites (tertiary alicyclic amines) is 1. The molecule has 6 heteroatoms. The first-order valence-electron chi connectivity index (χ1n) is 11.7. The molecule has 1 aromatic carbocycles. The molecule has 7 aliphatic rings. The summed E-state index contributed by atoms with van der Waals surface area (Å²) in [6.07, 6.45) is 9.73. The van der Waals surface area contributed by atoms with Gasteiger partial charge in [0.1, 0.15) is 27.4 Å². The van der Waals surface area contributed by atoms with E-state index in [0.29, 0.717) is 11.8 Å². The fraction of sp³-hybridized carbons (Fsp3) is 0.739. The van der Waals surface area contributed by atoms with Gasteiger partial charge < -0.3 is 19.5 Å². The molecule has 3 atom stereocenters. The number of aromatic hydroxyl groups is 1. The quantitative estimate of drug-likeness (QED) is 0.790. The van der Waals surface area contributed by atoms with Crippen molar-refractivity contribution in [3.63, 3.8) is 0 Å². The zero-order valence-corrected chi connectivity index (χ0v) is 18.0. The van der Waals surface area contributed by atoms with Gasteiger partial charge in [0.05, 0.1) is 0 Å². The predicted molar refractivity (Wildman–Crippen MR) is 116 cm³/mol. The van der Waals surface area contributed by atoms with E-state index in [1.807, 2.05) is 13.2 Å². The molecule has 2 aliphatic heterocycles. The molecule has 5 aliphatic carbocycles. The summed E-state index contributed by atoms with van der Waals surface area (Å²) < 4.78 is 13.0. The molecule has 4 saturated carbocycles. The first-order valence-corrected chi connectivity index (χ1v) is 11.7. The summed E-state index contributed by atoms with van der Waals surface area (Å²) in [6, 6.07) is 4.64. The summed E-state index contributed by atoms with van der Waals surface area (Å²) in [4.78, 5) is 2.92. The minimum Gasteiger partial charge on any atom is -0.504 e. The van der Waals surface area contributed by atoms with Gasteiger partial charge in [-0.25, -0.2) is 0 Å². The molecule has 1 aromatic rings. The van der Waals surface area contributed by atoms with Crippen LogP contribution in [-0.4, -0.2) is 62.4 Å². The molecule has 1 unspecified atom stereocenters. The number of phenols is 1. The number of hydrogen-bond donors (Lipinski definition) is 1. The molecular formula is C23H31B2NO3. The van der Waals surface area contributed by atoms with E-state index in [2.05, 4.69) is 26.7 Å². The van der Waals surface area contributed by atoms with Crippen LogP contribution in [0.1, 0.15) is 56.1 Å². The van der Waals surface area contributed by atoms with Crippen LogP contribution in [0, 0.1) is 11.3 Å². The summed E-state index contributed by atoms with van der Waals surface area (Å²) in [5, 5.41) is 11.0. The van der Waals surface area contributed by atoms with Crippen LogP contribution in [-0.2, 0) is 16.6 Å². The van der Waals surface area contributed by atoms with E-state index in [-0.39, 0.29) is 27.9 Å². The van der Waals surface area contributed by atoms with Crippen LogP contribution in [0.15, 0.2) is 12.1 Å². The van der Waals surface area contributed by atoms with E-state index in [4.69, 9.17) is 9.47 Å². The van der Waals surface area contributed by atoms with Gasteiger partial charge in [-0.05, 0) is 86.2 Å². The van der Waals surface area contributed by atoms with Crippen LogP contribution < -0.4 is 4.74 Å². The average Bonchev–Trinajstić information content (AvgIpc) is 3.51. The highest BCUT2D eigenvalue weighted by Crippen LogP contribution is 2.76. The maximum absolute atomic E-state index is 10.7. The highest BCUT2D eigenvalue weighted by atomic mass is 16.6. The number of ether oxygens (including phenoxy) is 2. The van der Waals surface area contributed by atoms with Gasteiger partial charge in [0.15, 0.2) is 11.5 Å². The standard InChI is InChI=1S/C23H31B2NO3/c1-28-21-8-6-20(7-9-21)16-12-13-2-5-15(27)18-17(13)22(20,19(21)29-18)10-11-26(16)23(24,25)14-3-4-14/h2,5,14,16,19,27H,3-4,6-12,24-25H2,1H3/t16-,19?,20-,21-,22+/m1/s1. The number of phenolic OH excluding ortho intramolecular Hbond substituents is 1. The number of hydrogen-bond acceptors (Lipinski definition) is 4. The molecular weight excluding hydrogens is 360 g/mol. The summed E-state index contributed by atoms with van der Waals surface area (Å²) in [7, 11) is 6.89. The van der Waals surface area contributed by atoms with Crippen molar-refractivity contribution >= 4 is 15.7 Å². The van der Waals surface area contributed by atoms with Crippen molar-refractivity contribution in [2.24, 2.45) is 11.3 Å². The molecule has 0 amide bonds. The lowest BCUT2D eigenvalue weighted by Crippen LogP contribution is -2.80. The summed E-state index contributed by atoms with van der Waals surface area (Å²) in [5.41, 5.74) is 2.87. The number of rotatable bonds is 3. The lowest BCUT2D eigenvalue weighted by atomic mass is 9.36. The normalized spacial score (nSPS) is 44.4. The van der Waals surface area contributed by atoms with Crippen molar-refractivity contribution in [2.45, 2.75) is 79.9 Å². The monoisotopic (exact) mass is 391 g/mol. The van der Waals surface area contributed by atoms with E-state index < -0.39 is 0 Å². The first-order chi connectivity index (χ1) is 13.9. The van der Waals surface area contributed by atoms with Gasteiger partial charge in [-0.3, -0.25) is 0 Å². The van der Waals surface area contributed by atoms with Crippen molar-refractivity contribution in [1.29, 1.82) is 0 Å². The Morgan fingerprint density at radius 3 is 2.62 bits per heavy atom. The SMILES string of the molecule is BC(B)(C1CC1)N1CC[C@]23c4c5ccc(O)c4OC2[C@]2(OC)CC[C@]3(CC2)[C@H]1C5. The first kappa shape index (κ1) is 17.5. The molecule has 4 nitrogen and oxygen atoms in total. The predicted octanol–water partition coefficient (Wildman–Crippen LogP) is 1.31. The second-order valence-corrected chi connectivity index (χ2v) is 11.4. The third kappa shape index (κ3) is 1.70. The van der Waals surface area contributed by atoms with Crippen LogP contribution in [0.4, 0.5) is 0 Å². The van der Waals surface area contributed by atoms with Gasteiger partial charge in [0, 0.05) is 24.1 Å². The van der Waals surface area contributed by atoms with Gasteiger partial charge in [-0.1, -0.05) is 6.07 Å². The summed E-state index contributed by atoms with van der Waals surface area (Å²) >= 11 is 0. The van der Waals surface area contributed by atoms with Crippen LogP contribution in [0.5, 0.6) is 11.5 Å². The number of piperidine rings is 1. The lowest BCUT2D eigenvalue weighted by molar-refractivity contribution is -0.254. The van der Waals surface area contributed by atoms with Gasteiger partial charge >= 0.3 is 0 Å². The van der Waals surface area contributed by atoms with E-state index in [1.54, 1.807) is 0 Å². The minimum atomic E-state index is -0.194. The van der Waals surface area contributed by atoms with Gasteiger partial charge in [-0.15, -0.1) is 0 Å². The minimum absolute atomic E-state index is 0.0158. The largest absolute Gasteiger partial charge is 0.504 e. The Morgan fingerprint density at radius 2 is 1.93 bits per heavy atom. The molecule has 8 rings (SSSR count). The van der Waals surface area contributed by atoms with Crippen molar-refractivity contribution < 1.29 is 14.6 Å². The van der Waals surface area contributed by atoms with Gasteiger partial charge in [0.25, 0.3) is 0 Å². The topological polar surface area (TPSA) is 41.9 Å². The van der Waals surface area contributed by atoms with Crippen LogP contribution in [0.25, 0.3) is 0 Å². The van der Waals surface area contributed by atoms with Crippen LogP contribution in [0.2, 0.25) is 0 Å². The molecule has 29 heavy (non-hydrogen) atoms. The molecule has 1 saturated heterocycles. The van der Waals surface area contributed by atoms with Crippen molar-refractivity contribution in [3.8, 4) is 11.5 Å². The number of methoxy groups -OCH3 is 1. The molecule has 2 spiro atoms.